The summed E-state index contributed by atoms with van der Waals surface area (Å²) in [4.78, 5) is 0. The minimum Gasteiger partial charge on any atom is -0.152 e. The predicted octanol–water partition coefficient (Wildman–Crippen LogP) is 4.63. The first-order valence-corrected chi connectivity index (χ1v) is 6.84. The summed E-state index contributed by atoms with van der Waals surface area (Å²) in [6, 6.07) is 10.9. The first-order chi connectivity index (χ1) is 7.79. The van der Waals surface area contributed by atoms with Crippen LogP contribution in [-0.4, -0.2) is 0 Å². The van der Waals surface area contributed by atoms with Gasteiger partial charge in [-0.3, -0.25) is 0 Å². The van der Waals surface area contributed by atoms with Crippen LogP contribution in [0.25, 0.3) is 0 Å². The van der Waals surface area contributed by atoms with E-state index in [1.807, 2.05) is 11.3 Å². The Morgan fingerprint density at radius 2 is 1.69 bits per heavy atom. The molecule has 1 aliphatic rings. The van der Waals surface area contributed by atoms with Gasteiger partial charge in [-0.15, -0.1) is 0 Å². The molecule has 2 aromatic rings. The second-order valence-electron chi connectivity index (χ2n) is 4.94. The van der Waals surface area contributed by atoms with Crippen LogP contribution in [0.5, 0.6) is 0 Å². The highest BCUT2D eigenvalue weighted by molar-refractivity contribution is 7.08. The van der Waals surface area contributed by atoms with Crippen LogP contribution in [0.1, 0.15) is 42.4 Å². The lowest BCUT2D eigenvalue weighted by atomic mass is 9.63. The van der Waals surface area contributed by atoms with E-state index in [1.165, 1.54) is 5.56 Å². The fraction of sp³-hybridized carbons (Fsp3) is 0.333. The predicted molar refractivity (Wildman–Crippen MR) is 70.2 cm³/mol. The lowest BCUT2D eigenvalue weighted by Crippen LogP contribution is -2.27. The third kappa shape index (κ3) is 1.35. The van der Waals surface area contributed by atoms with E-state index >= 15 is 0 Å². The van der Waals surface area contributed by atoms with Gasteiger partial charge in [-0.05, 0) is 39.3 Å². The number of hydrogen-bond donors (Lipinski definition) is 0. The molecular weight excluding hydrogens is 212 g/mol. The fourth-order valence-corrected chi connectivity index (χ4v) is 3.85. The zero-order chi connectivity index (χ0) is 11.1. The van der Waals surface area contributed by atoms with Crippen molar-refractivity contribution in [2.45, 2.75) is 25.7 Å². The second-order valence-corrected chi connectivity index (χ2v) is 5.68. The lowest BCUT2D eigenvalue weighted by molar-refractivity contribution is 0.407. The van der Waals surface area contributed by atoms with Crippen LogP contribution in [0.3, 0.4) is 0 Å². The van der Waals surface area contributed by atoms with Crippen molar-refractivity contribution in [1.82, 2.24) is 0 Å². The van der Waals surface area contributed by atoms with Crippen molar-refractivity contribution in [2.75, 3.05) is 0 Å². The van der Waals surface area contributed by atoms with Crippen molar-refractivity contribution in [3.05, 3.63) is 57.8 Å². The molecule has 1 heteroatoms. The number of fused-ring (bicyclic) bond motifs is 1. The van der Waals surface area contributed by atoms with Crippen molar-refractivity contribution in [3.63, 3.8) is 0 Å². The molecule has 0 aliphatic heterocycles. The quantitative estimate of drug-likeness (QED) is 0.703. The second kappa shape index (κ2) is 3.74. The summed E-state index contributed by atoms with van der Waals surface area (Å²) in [5, 5.41) is 4.66. The van der Waals surface area contributed by atoms with E-state index in [0.717, 1.165) is 11.8 Å². The van der Waals surface area contributed by atoms with Crippen molar-refractivity contribution < 1.29 is 0 Å². The summed E-state index contributed by atoms with van der Waals surface area (Å²) >= 11 is 1.85. The number of benzene rings is 1. The molecule has 1 aliphatic carbocycles. The molecule has 0 nitrogen and oxygen atoms in total. The maximum atomic E-state index is 2.33. The van der Waals surface area contributed by atoms with Crippen LogP contribution in [0.4, 0.5) is 0 Å². The molecule has 0 radical (unpaired) electrons. The highest BCUT2D eigenvalue weighted by Gasteiger charge is 2.40. The van der Waals surface area contributed by atoms with Gasteiger partial charge < -0.3 is 0 Å². The van der Waals surface area contributed by atoms with Crippen LogP contribution in [0.15, 0.2) is 41.1 Å². The summed E-state index contributed by atoms with van der Waals surface area (Å²) in [6.45, 7) is 4.67. The number of hydrogen-bond acceptors (Lipinski definition) is 1. The first-order valence-electron chi connectivity index (χ1n) is 5.90. The zero-order valence-corrected chi connectivity index (χ0v) is 10.5. The Kier molecular flexibility index (Phi) is 2.36. The van der Waals surface area contributed by atoms with Gasteiger partial charge in [0.05, 0.1) is 0 Å². The van der Waals surface area contributed by atoms with Gasteiger partial charge in [-0.1, -0.05) is 44.2 Å². The van der Waals surface area contributed by atoms with Gasteiger partial charge in [-0.2, -0.15) is 11.3 Å². The highest BCUT2D eigenvalue weighted by Crippen LogP contribution is 2.55. The fourth-order valence-electron chi connectivity index (χ4n) is 2.91. The molecule has 1 heterocycles. The molecule has 0 amide bonds. The highest BCUT2D eigenvalue weighted by atomic mass is 32.1. The molecule has 0 bridgehead atoms. The van der Waals surface area contributed by atoms with Gasteiger partial charge in [0.25, 0.3) is 0 Å². The molecule has 1 aromatic carbocycles. The smallest absolute Gasteiger partial charge is 0.0172 e. The molecule has 0 saturated carbocycles. The normalized spacial score (nSPS) is 22.9. The number of thiophene rings is 1. The average Bonchev–Trinajstić information content (AvgIpc) is 2.63. The van der Waals surface area contributed by atoms with E-state index in [-0.39, 0.29) is 0 Å². The monoisotopic (exact) mass is 228 g/mol. The molecule has 0 fully saturated rings. The molecule has 0 N–H and O–H groups in total. The zero-order valence-electron chi connectivity index (χ0n) is 9.68. The minimum atomic E-state index is 0.641. The maximum Gasteiger partial charge on any atom is 0.0172 e. The van der Waals surface area contributed by atoms with E-state index < -0.39 is 0 Å². The van der Waals surface area contributed by atoms with Crippen LogP contribution in [0.2, 0.25) is 0 Å². The third-order valence-corrected chi connectivity index (χ3v) is 4.43. The molecule has 2 atom stereocenters. The van der Waals surface area contributed by atoms with E-state index in [9.17, 15) is 0 Å². The molecule has 0 spiro atoms. The molecule has 16 heavy (non-hydrogen) atoms. The molecule has 82 valence electrons. The SMILES string of the molecule is CC(C)C1c2cscc2C1c1ccccc1. The van der Waals surface area contributed by atoms with Crippen LogP contribution >= 0.6 is 11.3 Å². The van der Waals surface area contributed by atoms with Gasteiger partial charge in [0.2, 0.25) is 0 Å². The van der Waals surface area contributed by atoms with Crippen LogP contribution < -0.4 is 0 Å². The Morgan fingerprint density at radius 3 is 2.38 bits per heavy atom. The van der Waals surface area contributed by atoms with Crippen molar-refractivity contribution in [1.29, 1.82) is 0 Å². The molecular formula is C15H16S. The van der Waals surface area contributed by atoms with E-state index in [2.05, 4.69) is 54.9 Å². The molecule has 2 unspecified atom stereocenters. The Hall–Kier alpha value is -1.08. The Balaban J connectivity index is 2.04. The van der Waals surface area contributed by atoms with Gasteiger partial charge in [-0.25, -0.2) is 0 Å². The summed E-state index contributed by atoms with van der Waals surface area (Å²) in [6.07, 6.45) is 0. The maximum absolute atomic E-state index is 2.33. The van der Waals surface area contributed by atoms with Crippen LogP contribution in [-0.2, 0) is 0 Å². The van der Waals surface area contributed by atoms with Gasteiger partial charge in [0.1, 0.15) is 0 Å². The summed E-state index contributed by atoms with van der Waals surface area (Å²) in [7, 11) is 0. The summed E-state index contributed by atoms with van der Waals surface area (Å²) in [5.41, 5.74) is 4.64. The minimum absolute atomic E-state index is 0.641. The number of rotatable bonds is 2. The van der Waals surface area contributed by atoms with E-state index in [1.54, 1.807) is 11.1 Å². The average molecular weight is 228 g/mol. The Bertz CT molecular complexity index is 481. The van der Waals surface area contributed by atoms with E-state index in [4.69, 9.17) is 0 Å². The first kappa shape index (κ1) is 10.1. The standard InChI is InChI=1S/C15H16S/c1-10(2)14-12-8-16-9-13(12)15(14)11-6-4-3-5-7-11/h3-10,14-15H,1-2H3. The van der Waals surface area contributed by atoms with Gasteiger partial charge in [0, 0.05) is 5.92 Å². The van der Waals surface area contributed by atoms with E-state index in [0.29, 0.717) is 5.92 Å². The van der Waals surface area contributed by atoms with Crippen molar-refractivity contribution in [3.8, 4) is 0 Å². The summed E-state index contributed by atoms with van der Waals surface area (Å²) in [5.74, 6) is 2.10. The topological polar surface area (TPSA) is 0 Å². The molecule has 3 rings (SSSR count). The lowest BCUT2D eigenvalue weighted by Gasteiger charge is -2.40. The van der Waals surface area contributed by atoms with Gasteiger partial charge >= 0.3 is 0 Å². The summed E-state index contributed by atoms with van der Waals surface area (Å²) < 4.78 is 0. The Morgan fingerprint density at radius 1 is 1.00 bits per heavy atom. The third-order valence-electron chi connectivity index (χ3n) is 3.65. The Labute approximate surface area is 101 Å². The molecule has 0 saturated heterocycles. The van der Waals surface area contributed by atoms with Gasteiger partial charge in [0.15, 0.2) is 0 Å². The molecule has 1 aromatic heterocycles. The van der Waals surface area contributed by atoms with Crippen molar-refractivity contribution in [2.24, 2.45) is 5.92 Å². The van der Waals surface area contributed by atoms with Crippen molar-refractivity contribution >= 4 is 11.3 Å². The largest absolute Gasteiger partial charge is 0.152 e. The van der Waals surface area contributed by atoms with Crippen LogP contribution in [0, 0.1) is 5.92 Å².